The number of hydrogen-bond donors (Lipinski definition) is 0. The van der Waals surface area contributed by atoms with Crippen molar-refractivity contribution in [3.05, 3.63) is 187 Å². The van der Waals surface area contributed by atoms with Gasteiger partial charge in [-0.3, -0.25) is 0 Å². The Labute approximate surface area is 333 Å². The zero-order chi connectivity index (χ0) is 37.9. The molecule has 0 saturated carbocycles. The molecule has 0 radical (unpaired) electrons. The van der Waals surface area contributed by atoms with E-state index < -0.39 is 0 Å². The van der Waals surface area contributed by atoms with E-state index >= 15 is 0 Å². The summed E-state index contributed by atoms with van der Waals surface area (Å²) < 4.78 is 17.2. The molecule has 0 amide bonds. The number of para-hydroxylation sites is 3. The molecule has 4 nitrogen and oxygen atoms in total. The Bertz CT molecular complexity index is 3700. The lowest BCUT2D eigenvalue weighted by molar-refractivity contribution is 0.595. The summed E-state index contributed by atoms with van der Waals surface area (Å²) in [6.07, 6.45) is 6.40. The minimum atomic E-state index is 0.912. The molecule has 0 fully saturated rings. The Morgan fingerprint density at radius 2 is 0.862 bits per heavy atom. The highest BCUT2D eigenvalue weighted by Gasteiger charge is 2.19. The average Bonchev–Trinajstić information content (AvgIpc) is 4.03. The van der Waals surface area contributed by atoms with Crippen LogP contribution in [0.25, 0.3) is 116 Å². The molecule has 0 bridgehead atoms. The topological polar surface area (TPSA) is 36.1 Å². The Morgan fingerprint density at radius 3 is 1.52 bits per heavy atom. The number of rotatable bonds is 4. The van der Waals surface area contributed by atoms with E-state index in [4.69, 9.17) is 8.83 Å². The van der Waals surface area contributed by atoms with E-state index in [1.54, 1.807) is 0 Å². The summed E-state index contributed by atoms with van der Waals surface area (Å²) in [7, 11) is 0. The third-order valence-electron chi connectivity index (χ3n) is 12.4. The maximum Gasteiger partial charge on any atom is 0.135 e. The zero-order valence-electron chi connectivity index (χ0n) is 31.4. The van der Waals surface area contributed by atoms with Crippen LogP contribution in [0.5, 0.6) is 0 Å². The molecule has 0 N–H and O–H groups in total. The summed E-state index contributed by atoms with van der Waals surface area (Å²) in [5.41, 5.74) is 15.9. The van der Waals surface area contributed by atoms with Gasteiger partial charge in [0, 0.05) is 54.6 Å². The quantitative estimate of drug-likeness (QED) is 0.180. The summed E-state index contributed by atoms with van der Waals surface area (Å²) in [4.78, 5) is 0. The Hall–Kier alpha value is -7.56. The second-order valence-corrected chi connectivity index (χ2v) is 15.6. The van der Waals surface area contributed by atoms with Crippen molar-refractivity contribution in [1.82, 2.24) is 9.13 Å². The molecular formula is C54H34N2O2. The fraction of sp³-hybridized carbons (Fsp3) is 0.0370. The van der Waals surface area contributed by atoms with E-state index in [0.717, 1.165) is 57.5 Å². The van der Waals surface area contributed by atoms with E-state index in [-0.39, 0.29) is 0 Å². The second-order valence-electron chi connectivity index (χ2n) is 15.6. The number of hydrogen-bond acceptors (Lipinski definition) is 2. The van der Waals surface area contributed by atoms with Crippen molar-refractivity contribution in [2.75, 3.05) is 0 Å². The third-order valence-corrected chi connectivity index (χ3v) is 12.4. The largest absolute Gasteiger partial charge is 0.456 e. The molecule has 4 aromatic heterocycles. The Kier molecular flexibility index (Phi) is 6.53. The van der Waals surface area contributed by atoms with E-state index in [0.29, 0.717) is 0 Å². The van der Waals surface area contributed by atoms with Crippen LogP contribution in [0.1, 0.15) is 17.7 Å². The van der Waals surface area contributed by atoms with E-state index in [1.165, 1.54) is 76.8 Å². The van der Waals surface area contributed by atoms with Crippen LogP contribution < -0.4 is 0 Å². The minimum absolute atomic E-state index is 0.912. The maximum absolute atomic E-state index is 6.20. The molecule has 13 rings (SSSR count). The van der Waals surface area contributed by atoms with E-state index in [1.807, 2.05) is 12.1 Å². The number of fused-ring (bicyclic) bond motifs is 12. The number of nitrogens with zero attached hydrogens (tertiary/aromatic N) is 2. The number of aryl methyl sites for hydroxylation is 1. The molecule has 58 heavy (non-hydrogen) atoms. The van der Waals surface area contributed by atoms with Crippen LogP contribution in [0.15, 0.2) is 185 Å². The normalized spacial score (nSPS) is 13.0. The highest BCUT2D eigenvalue weighted by molar-refractivity contribution is 6.13. The molecule has 0 spiro atoms. The van der Waals surface area contributed by atoms with Crippen molar-refractivity contribution in [2.45, 2.75) is 12.8 Å². The van der Waals surface area contributed by atoms with Gasteiger partial charge in [0.05, 0.1) is 22.1 Å². The van der Waals surface area contributed by atoms with Gasteiger partial charge >= 0.3 is 0 Å². The van der Waals surface area contributed by atoms with Crippen molar-refractivity contribution in [2.24, 2.45) is 0 Å². The van der Waals surface area contributed by atoms with Gasteiger partial charge in [-0.05, 0) is 126 Å². The Morgan fingerprint density at radius 1 is 0.362 bits per heavy atom. The molecule has 0 atom stereocenters. The van der Waals surface area contributed by atoms with Crippen LogP contribution in [-0.2, 0) is 6.42 Å². The lowest BCUT2D eigenvalue weighted by Crippen LogP contribution is -1.98. The number of benzene rings is 8. The third kappa shape index (κ3) is 4.57. The van der Waals surface area contributed by atoms with Crippen LogP contribution in [-0.4, -0.2) is 9.13 Å². The monoisotopic (exact) mass is 742 g/mol. The van der Waals surface area contributed by atoms with Gasteiger partial charge in [-0.25, -0.2) is 0 Å². The fourth-order valence-electron chi connectivity index (χ4n) is 9.70. The van der Waals surface area contributed by atoms with Gasteiger partial charge in [0.25, 0.3) is 0 Å². The summed E-state index contributed by atoms with van der Waals surface area (Å²) >= 11 is 0. The van der Waals surface area contributed by atoms with Crippen LogP contribution >= 0.6 is 0 Å². The van der Waals surface area contributed by atoms with E-state index in [2.05, 4.69) is 179 Å². The zero-order valence-corrected chi connectivity index (χ0v) is 31.4. The molecular weight excluding hydrogens is 709 g/mol. The first kappa shape index (κ1) is 31.6. The molecule has 0 saturated heterocycles. The van der Waals surface area contributed by atoms with Crippen LogP contribution in [0.4, 0.5) is 0 Å². The van der Waals surface area contributed by atoms with Crippen molar-refractivity contribution in [1.29, 1.82) is 0 Å². The van der Waals surface area contributed by atoms with E-state index in [9.17, 15) is 0 Å². The summed E-state index contributed by atoms with van der Waals surface area (Å²) in [5, 5.41) is 8.44. The highest BCUT2D eigenvalue weighted by atomic mass is 16.3. The molecule has 272 valence electrons. The number of allylic oxidation sites excluding steroid dienone is 1. The second kappa shape index (κ2) is 12.0. The molecule has 1 aliphatic carbocycles. The van der Waals surface area contributed by atoms with Gasteiger partial charge in [0.15, 0.2) is 0 Å². The summed E-state index contributed by atoms with van der Waals surface area (Å²) in [6.45, 7) is 0. The van der Waals surface area contributed by atoms with Crippen molar-refractivity contribution >= 4 is 82.6 Å². The van der Waals surface area contributed by atoms with Crippen LogP contribution in [0.2, 0.25) is 0 Å². The highest BCUT2D eigenvalue weighted by Crippen LogP contribution is 2.40. The van der Waals surface area contributed by atoms with Gasteiger partial charge in [-0.1, -0.05) is 91.0 Å². The van der Waals surface area contributed by atoms with Gasteiger partial charge in [0.1, 0.15) is 22.5 Å². The van der Waals surface area contributed by atoms with Crippen molar-refractivity contribution in [3.63, 3.8) is 0 Å². The SMILES string of the molecule is C1=Cc2oc3ccc(-c4ccc5c(c4)c4ccccc4n5-c4cccc(-n5c6ccccc6c6cc(-c7ccc8oc9ccccc9c8c7)ccc65)c4)cc3c2CC1. The maximum atomic E-state index is 6.20. The minimum Gasteiger partial charge on any atom is -0.456 e. The lowest BCUT2D eigenvalue weighted by atomic mass is 9.97. The van der Waals surface area contributed by atoms with Crippen LogP contribution in [0.3, 0.4) is 0 Å². The molecule has 4 heteroatoms. The molecule has 12 aromatic rings. The number of aromatic nitrogens is 2. The van der Waals surface area contributed by atoms with Gasteiger partial charge in [-0.15, -0.1) is 0 Å². The van der Waals surface area contributed by atoms with Crippen LogP contribution in [0, 0.1) is 0 Å². The molecule has 0 aliphatic heterocycles. The van der Waals surface area contributed by atoms with Gasteiger partial charge in [-0.2, -0.15) is 0 Å². The van der Waals surface area contributed by atoms with Crippen molar-refractivity contribution in [3.8, 4) is 33.6 Å². The predicted octanol–water partition coefficient (Wildman–Crippen LogP) is 14.8. The van der Waals surface area contributed by atoms with Gasteiger partial charge in [0.2, 0.25) is 0 Å². The van der Waals surface area contributed by atoms with Gasteiger partial charge < -0.3 is 18.0 Å². The summed E-state index contributed by atoms with van der Waals surface area (Å²) in [5.74, 6) is 1.00. The predicted molar refractivity (Wildman–Crippen MR) is 240 cm³/mol. The number of furan rings is 2. The molecule has 1 aliphatic rings. The first-order valence-corrected chi connectivity index (χ1v) is 20.0. The van der Waals surface area contributed by atoms with Crippen molar-refractivity contribution < 1.29 is 8.83 Å². The standard InChI is InChI=1S/C54H34N2O2/c1-5-16-47-39(12-1)43-28-33(35-22-26-53-45(30-35)41-14-3-7-18-51(41)57-53)20-24-49(43)55(47)37-10-9-11-38(32-37)56-48-17-6-2-13-40(48)44-29-34(21-25-50(44)56)36-23-27-54-46(31-36)42-15-4-8-19-52(42)58-54/h1-3,5-14,16-32H,4,15H2. The first-order valence-electron chi connectivity index (χ1n) is 20.0. The Balaban J connectivity index is 0.945. The summed E-state index contributed by atoms with van der Waals surface area (Å²) in [6, 6.07) is 61.8. The molecule has 0 unspecified atom stereocenters. The first-order chi connectivity index (χ1) is 28.7. The molecule has 4 heterocycles. The lowest BCUT2D eigenvalue weighted by Gasteiger charge is -2.13. The fourth-order valence-corrected chi connectivity index (χ4v) is 9.70. The smallest absolute Gasteiger partial charge is 0.135 e. The average molecular weight is 743 g/mol. The molecule has 8 aromatic carbocycles.